The van der Waals surface area contributed by atoms with Crippen LogP contribution in [0.1, 0.15) is 17.3 Å². The Morgan fingerprint density at radius 3 is 2.62 bits per heavy atom. The van der Waals surface area contributed by atoms with E-state index in [2.05, 4.69) is 4.98 Å². The van der Waals surface area contributed by atoms with Crippen LogP contribution in [-0.2, 0) is 25.4 Å². The molecule has 2 N–H and O–H groups in total. The van der Waals surface area contributed by atoms with Crippen LogP contribution in [0.25, 0.3) is 11.0 Å². The van der Waals surface area contributed by atoms with Gasteiger partial charge in [-0.25, -0.2) is 9.78 Å². The molecule has 9 nitrogen and oxygen atoms in total. The van der Waals surface area contributed by atoms with Crippen LogP contribution < -0.4 is 17.0 Å². The van der Waals surface area contributed by atoms with Crippen molar-refractivity contribution in [1.82, 2.24) is 18.7 Å². The fourth-order valence-electron chi connectivity index (χ4n) is 3.05. The predicted octanol–water partition coefficient (Wildman–Crippen LogP) is 1.03. The Balaban J connectivity index is 1.99. The molecule has 0 saturated carbocycles. The average molecular weight is 417 g/mol. The molecular formula is C19H23N5O4S. The zero-order valence-electron chi connectivity index (χ0n) is 16.7. The first-order chi connectivity index (χ1) is 13.8. The van der Waals surface area contributed by atoms with Crippen LogP contribution in [0.4, 0.5) is 5.82 Å². The van der Waals surface area contributed by atoms with E-state index in [1.54, 1.807) is 14.0 Å². The van der Waals surface area contributed by atoms with Gasteiger partial charge in [0.05, 0.1) is 22.9 Å². The zero-order valence-corrected chi connectivity index (χ0v) is 17.5. The van der Waals surface area contributed by atoms with Crippen molar-refractivity contribution < 1.29 is 9.53 Å². The van der Waals surface area contributed by atoms with Crippen molar-refractivity contribution in [2.45, 2.75) is 23.9 Å². The van der Waals surface area contributed by atoms with E-state index in [4.69, 9.17) is 10.5 Å². The summed E-state index contributed by atoms with van der Waals surface area (Å²) in [5.74, 6) is -0.586. The molecule has 0 aliphatic rings. The molecule has 0 fully saturated rings. The SMILES string of the molecule is COCCn1c(SC(C)C(=O)c2c(N)n(C)c(=O)n(C)c2=O)nc2ccccc21. The summed E-state index contributed by atoms with van der Waals surface area (Å²) in [6, 6.07) is 7.67. The number of nitrogens with zero attached hydrogens (tertiary/aromatic N) is 4. The van der Waals surface area contributed by atoms with Gasteiger partial charge in [-0.15, -0.1) is 0 Å². The molecule has 0 saturated heterocycles. The first-order valence-electron chi connectivity index (χ1n) is 8.98. The number of rotatable bonds is 7. The van der Waals surface area contributed by atoms with Crippen LogP contribution in [0, 0.1) is 0 Å². The van der Waals surface area contributed by atoms with Crippen LogP contribution in [0.2, 0.25) is 0 Å². The van der Waals surface area contributed by atoms with Gasteiger partial charge >= 0.3 is 5.69 Å². The number of carbonyl (C=O) groups is 1. The molecule has 154 valence electrons. The molecule has 10 heteroatoms. The third kappa shape index (κ3) is 3.73. The molecule has 2 heterocycles. The van der Waals surface area contributed by atoms with Gasteiger partial charge in [0.25, 0.3) is 5.56 Å². The molecule has 0 aliphatic heterocycles. The molecule has 2 aromatic heterocycles. The quantitative estimate of drug-likeness (QED) is 0.451. The van der Waals surface area contributed by atoms with Gasteiger partial charge in [-0.1, -0.05) is 23.9 Å². The van der Waals surface area contributed by atoms with Crippen LogP contribution in [-0.4, -0.2) is 43.4 Å². The molecule has 0 spiro atoms. The molecule has 0 bridgehead atoms. The highest BCUT2D eigenvalue weighted by molar-refractivity contribution is 8.00. The second-order valence-corrected chi connectivity index (χ2v) is 7.93. The molecule has 3 rings (SSSR count). The normalized spacial score (nSPS) is 12.4. The number of Topliss-reactive ketones (excluding diaryl/α,β-unsaturated/α-hetero) is 1. The molecule has 0 aliphatic carbocycles. The topological polar surface area (TPSA) is 114 Å². The van der Waals surface area contributed by atoms with Gasteiger partial charge < -0.3 is 15.0 Å². The Morgan fingerprint density at radius 2 is 1.93 bits per heavy atom. The molecule has 29 heavy (non-hydrogen) atoms. The number of imidazole rings is 1. The molecular weight excluding hydrogens is 394 g/mol. The van der Waals surface area contributed by atoms with E-state index >= 15 is 0 Å². The largest absolute Gasteiger partial charge is 0.384 e. The third-order valence-corrected chi connectivity index (χ3v) is 5.84. The zero-order chi connectivity index (χ0) is 21.3. The number of nitrogen functional groups attached to an aromatic ring is 1. The van der Waals surface area contributed by atoms with Crippen LogP contribution >= 0.6 is 11.8 Å². The number of ketones is 1. The molecule has 3 aromatic rings. The summed E-state index contributed by atoms with van der Waals surface area (Å²) in [5, 5.41) is 0.00456. The number of aromatic nitrogens is 4. The number of para-hydroxylation sites is 2. The van der Waals surface area contributed by atoms with Gasteiger partial charge in [0, 0.05) is 27.7 Å². The summed E-state index contributed by atoms with van der Waals surface area (Å²) in [5.41, 5.74) is 6.21. The van der Waals surface area contributed by atoms with Crippen LogP contribution in [0.5, 0.6) is 0 Å². The Labute approximate surface area is 171 Å². The number of thioether (sulfide) groups is 1. The predicted molar refractivity (Wildman–Crippen MR) is 113 cm³/mol. The summed E-state index contributed by atoms with van der Waals surface area (Å²) in [6.07, 6.45) is 0. The number of anilines is 1. The number of fused-ring (bicyclic) bond motifs is 1. The van der Waals surface area contributed by atoms with E-state index in [1.165, 1.54) is 25.9 Å². The van der Waals surface area contributed by atoms with E-state index in [0.717, 1.165) is 20.2 Å². The van der Waals surface area contributed by atoms with Gasteiger partial charge in [0.15, 0.2) is 10.9 Å². The minimum Gasteiger partial charge on any atom is -0.384 e. The lowest BCUT2D eigenvalue weighted by atomic mass is 10.1. The first-order valence-corrected chi connectivity index (χ1v) is 9.86. The second kappa shape index (κ2) is 8.26. The Kier molecular flexibility index (Phi) is 5.94. The molecule has 1 unspecified atom stereocenters. The lowest BCUT2D eigenvalue weighted by Crippen LogP contribution is -2.42. The van der Waals surface area contributed by atoms with Crippen molar-refractivity contribution in [3.8, 4) is 0 Å². The van der Waals surface area contributed by atoms with Crippen molar-refractivity contribution in [3.63, 3.8) is 0 Å². The molecule has 0 radical (unpaired) electrons. The second-order valence-electron chi connectivity index (χ2n) is 6.62. The van der Waals surface area contributed by atoms with Crippen LogP contribution in [0.15, 0.2) is 39.0 Å². The number of benzene rings is 1. The van der Waals surface area contributed by atoms with Crippen molar-refractivity contribution in [3.05, 3.63) is 50.7 Å². The van der Waals surface area contributed by atoms with Gasteiger partial charge in [0.1, 0.15) is 11.4 Å². The molecule has 1 aromatic carbocycles. The number of carbonyl (C=O) groups excluding carboxylic acids is 1. The summed E-state index contributed by atoms with van der Waals surface area (Å²) >= 11 is 1.24. The summed E-state index contributed by atoms with van der Waals surface area (Å²) in [6.45, 7) is 2.76. The maximum Gasteiger partial charge on any atom is 0.332 e. The number of hydrogen-bond acceptors (Lipinski definition) is 7. The number of nitrogens with two attached hydrogens (primary N) is 1. The first kappa shape index (κ1) is 20.9. The van der Waals surface area contributed by atoms with Gasteiger partial charge in [-0.3, -0.25) is 18.7 Å². The van der Waals surface area contributed by atoms with Gasteiger partial charge in [0.2, 0.25) is 0 Å². The number of hydrogen-bond donors (Lipinski definition) is 1. The maximum absolute atomic E-state index is 13.1. The monoisotopic (exact) mass is 417 g/mol. The smallest absolute Gasteiger partial charge is 0.332 e. The van der Waals surface area contributed by atoms with E-state index < -0.39 is 22.3 Å². The number of ether oxygens (including phenoxy) is 1. The summed E-state index contributed by atoms with van der Waals surface area (Å²) in [4.78, 5) is 42.2. The van der Waals surface area contributed by atoms with E-state index in [-0.39, 0.29) is 11.4 Å². The maximum atomic E-state index is 13.1. The average Bonchev–Trinajstić information content (AvgIpc) is 3.06. The third-order valence-electron chi connectivity index (χ3n) is 4.75. The highest BCUT2D eigenvalue weighted by Crippen LogP contribution is 2.29. The van der Waals surface area contributed by atoms with E-state index in [1.807, 2.05) is 28.8 Å². The van der Waals surface area contributed by atoms with Gasteiger partial charge in [-0.05, 0) is 19.1 Å². The summed E-state index contributed by atoms with van der Waals surface area (Å²) < 4.78 is 9.15. The van der Waals surface area contributed by atoms with E-state index in [0.29, 0.717) is 18.3 Å². The highest BCUT2D eigenvalue weighted by atomic mass is 32.2. The van der Waals surface area contributed by atoms with Crippen molar-refractivity contribution in [1.29, 1.82) is 0 Å². The standard InChI is InChI=1S/C19H23N5O4S/c1-11(15(25)14-16(20)22(2)19(27)23(3)17(14)26)29-18-21-12-7-5-6-8-13(12)24(18)9-10-28-4/h5-8,11H,9-10,20H2,1-4H3. The van der Waals surface area contributed by atoms with E-state index in [9.17, 15) is 14.4 Å². The van der Waals surface area contributed by atoms with Gasteiger partial charge in [-0.2, -0.15) is 0 Å². The minimum absolute atomic E-state index is 0.136. The lowest BCUT2D eigenvalue weighted by Gasteiger charge is -2.15. The molecule has 1 atom stereocenters. The number of methoxy groups -OCH3 is 1. The summed E-state index contributed by atoms with van der Waals surface area (Å²) in [7, 11) is 4.37. The Morgan fingerprint density at radius 1 is 1.24 bits per heavy atom. The lowest BCUT2D eigenvalue weighted by molar-refractivity contribution is 0.0992. The van der Waals surface area contributed by atoms with Crippen molar-refractivity contribution in [2.75, 3.05) is 19.5 Å². The minimum atomic E-state index is -0.698. The fraction of sp³-hybridized carbons (Fsp3) is 0.368. The Bertz CT molecular complexity index is 1190. The van der Waals surface area contributed by atoms with Crippen LogP contribution in [0.3, 0.4) is 0 Å². The Hall–Kier alpha value is -2.85. The fourth-order valence-corrected chi connectivity index (χ4v) is 4.06. The van der Waals surface area contributed by atoms with Crippen molar-refractivity contribution >= 4 is 34.4 Å². The molecule has 0 amide bonds. The van der Waals surface area contributed by atoms with Crippen molar-refractivity contribution in [2.24, 2.45) is 14.1 Å². The highest BCUT2D eigenvalue weighted by Gasteiger charge is 2.27.